The SMILES string of the molecule is Cc1cn(-c2cc(NC3=NCC4(CN5CCC4CC5)O3)ncn2)cn1. The summed E-state index contributed by atoms with van der Waals surface area (Å²) < 4.78 is 8.16. The summed E-state index contributed by atoms with van der Waals surface area (Å²) in [6.07, 6.45) is 7.62. The van der Waals surface area contributed by atoms with Crippen LogP contribution in [-0.4, -0.2) is 62.2 Å². The smallest absolute Gasteiger partial charge is 0.291 e. The minimum atomic E-state index is -0.143. The molecule has 0 saturated carbocycles. The number of amidine groups is 1. The highest BCUT2D eigenvalue weighted by Crippen LogP contribution is 2.40. The van der Waals surface area contributed by atoms with Crippen LogP contribution in [0.3, 0.4) is 0 Å². The molecule has 2 aromatic heterocycles. The van der Waals surface area contributed by atoms with Crippen molar-refractivity contribution >= 4 is 11.8 Å². The number of hydrogen-bond acceptors (Lipinski definition) is 7. The number of anilines is 1. The van der Waals surface area contributed by atoms with E-state index in [4.69, 9.17) is 4.74 Å². The third kappa shape index (κ3) is 2.57. The highest BCUT2D eigenvalue weighted by Gasteiger charge is 2.51. The minimum Gasteiger partial charge on any atom is -0.455 e. The first-order valence-corrected chi connectivity index (χ1v) is 8.76. The van der Waals surface area contributed by atoms with Gasteiger partial charge in [-0.3, -0.25) is 14.8 Å². The van der Waals surface area contributed by atoms with Gasteiger partial charge in [0.2, 0.25) is 0 Å². The second-order valence-electron chi connectivity index (χ2n) is 7.15. The van der Waals surface area contributed by atoms with Crippen molar-refractivity contribution < 1.29 is 4.74 Å². The molecule has 3 saturated heterocycles. The van der Waals surface area contributed by atoms with E-state index in [0.29, 0.717) is 17.8 Å². The van der Waals surface area contributed by atoms with Crippen molar-refractivity contribution in [2.45, 2.75) is 25.4 Å². The zero-order valence-electron chi connectivity index (χ0n) is 14.2. The van der Waals surface area contributed by atoms with Gasteiger partial charge >= 0.3 is 0 Å². The van der Waals surface area contributed by atoms with Crippen LogP contribution in [0.2, 0.25) is 0 Å². The Morgan fingerprint density at radius 2 is 2.12 bits per heavy atom. The number of nitrogens with one attached hydrogen (secondary N) is 1. The van der Waals surface area contributed by atoms with Crippen LogP contribution < -0.4 is 5.32 Å². The number of nitrogens with zero attached hydrogens (tertiary/aromatic N) is 6. The fourth-order valence-corrected chi connectivity index (χ4v) is 4.16. The standard InChI is InChI=1S/C17H21N7O/c1-12-7-24(11-21-12)15-6-14(19-10-20-15)22-16-18-8-17(25-16)9-23-4-2-13(17)3-5-23/h6-7,10-11,13H,2-5,8-9H2,1H3,(H,18,19,20,22). The number of aromatic nitrogens is 4. The molecule has 1 spiro atoms. The topological polar surface area (TPSA) is 80.5 Å². The first kappa shape index (κ1) is 14.8. The summed E-state index contributed by atoms with van der Waals surface area (Å²) in [6.45, 7) is 6.05. The molecule has 1 atom stereocenters. The van der Waals surface area contributed by atoms with Gasteiger partial charge in [0.1, 0.15) is 29.9 Å². The molecule has 1 unspecified atom stereocenters. The maximum absolute atomic E-state index is 6.30. The van der Waals surface area contributed by atoms with E-state index in [0.717, 1.165) is 24.6 Å². The fourth-order valence-electron chi connectivity index (χ4n) is 4.16. The summed E-state index contributed by atoms with van der Waals surface area (Å²) in [6, 6.07) is 2.44. The molecule has 130 valence electrons. The maximum atomic E-state index is 6.30. The second kappa shape index (κ2) is 5.52. The lowest BCUT2D eigenvalue weighted by Crippen LogP contribution is -2.61. The van der Waals surface area contributed by atoms with Crippen LogP contribution >= 0.6 is 0 Å². The van der Waals surface area contributed by atoms with Crippen LogP contribution in [0.4, 0.5) is 5.82 Å². The van der Waals surface area contributed by atoms with E-state index < -0.39 is 0 Å². The average Bonchev–Trinajstić information content (AvgIpc) is 3.23. The van der Waals surface area contributed by atoms with Crippen molar-refractivity contribution in [3.05, 3.63) is 30.6 Å². The van der Waals surface area contributed by atoms with Gasteiger partial charge in [-0.2, -0.15) is 0 Å². The molecule has 8 heteroatoms. The van der Waals surface area contributed by atoms with Gasteiger partial charge in [-0.05, 0) is 32.9 Å². The number of imidazole rings is 1. The van der Waals surface area contributed by atoms with Crippen LogP contribution in [0.1, 0.15) is 18.5 Å². The number of piperidine rings is 3. The number of aryl methyl sites for hydroxylation is 1. The Balaban J connectivity index is 1.32. The lowest BCUT2D eigenvalue weighted by atomic mass is 9.75. The van der Waals surface area contributed by atoms with Crippen molar-refractivity contribution in [1.29, 1.82) is 0 Å². The van der Waals surface area contributed by atoms with Crippen molar-refractivity contribution in [2.75, 3.05) is 31.5 Å². The lowest BCUT2D eigenvalue weighted by Gasteiger charge is -2.50. The van der Waals surface area contributed by atoms with Gasteiger partial charge in [0.25, 0.3) is 6.02 Å². The lowest BCUT2D eigenvalue weighted by molar-refractivity contribution is -0.0829. The van der Waals surface area contributed by atoms with Crippen molar-refractivity contribution in [3.63, 3.8) is 0 Å². The Kier molecular flexibility index (Phi) is 3.27. The highest BCUT2D eigenvalue weighted by molar-refractivity contribution is 5.89. The molecule has 6 heterocycles. The van der Waals surface area contributed by atoms with Gasteiger partial charge in [-0.15, -0.1) is 0 Å². The van der Waals surface area contributed by atoms with E-state index in [1.165, 1.54) is 32.3 Å². The first-order chi connectivity index (χ1) is 12.2. The largest absolute Gasteiger partial charge is 0.455 e. The molecule has 0 amide bonds. The number of fused-ring (bicyclic) bond motifs is 2. The number of aliphatic imine (C=N–C) groups is 1. The predicted octanol–water partition coefficient (Wildman–Crippen LogP) is 1.23. The van der Waals surface area contributed by atoms with E-state index in [2.05, 4.69) is 30.2 Å². The molecule has 1 N–H and O–H groups in total. The fraction of sp³-hybridized carbons (Fsp3) is 0.529. The molecule has 0 aromatic carbocycles. The Morgan fingerprint density at radius 1 is 1.24 bits per heavy atom. The number of hydrogen-bond donors (Lipinski definition) is 1. The summed E-state index contributed by atoms with van der Waals surface area (Å²) in [5.41, 5.74) is 0.803. The summed E-state index contributed by atoms with van der Waals surface area (Å²) in [5, 5.41) is 3.21. The van der Waals surface area contributed by atoms with Crippen molar-refractivity contribution in [2.24, 2.45) is 10.9 Å². The van der Waals surface area contributed by atoms with E-state index in [-0.39, 0.29) is 5.60 Å². The normalized spacial score (nSPS) is 30.4. The zero-order valence-corrected chi connectivity index (χ0v) is 14.2. The Bertz CT molecular complexity index is 824. The van der Waals surface area contributed by atoms with Gasteiger partial charge in [-0.1, -0.05) is 0 Å². The Morgan fingerprint density at radius 3 is 2.84 bits per heavy atom. The van der Waals surface area contributed by atoms with E-state index >= 15 is 0 Å². The molecule has 4 aliphatic rings. The van der Waals surface area contributed by atoms with Crippen LogP contribution in [0.5, 0.6) is 0 Å². The van der Waals surface area contributed by atoms with Crippen LogP contribution in [0.15, 0.2) is 29.9 Å². The van der Waals surface area contributed by atoms with Crippen molar-refractivity contribution in [3.8, 4) is 5.82 Å². The monoisotopic (exact) mass is 339 g/mol. The second-order valence-corrected chi connectivity index (χ2v) is 7.15. The summed E-state index contributed by atoms with van der Waals surface area (Å²) >= 11 is 0. The maximum Gasteiger partial charge on any atom is 0.291 e. The van der Waals surface area contributed by atoms with Crippen LogP contribution in [0.25, 0.3) is 5.82 Å². The van der Waals surface area contributed by atoms with Gasteiger partial charge in [0.05, 0.1) is 12.2 Å². The number of ether oxygens (including phenoxy) is 1. The summed E-state index contributed by atoms with van der Waals surface area (Å²) in [5.74, 6) is 2.04. The molecule has 4 aliphatic heterocycles. The molecule has 3 fully saturated rings. The minimum absolute atomic E-state index is 0.143. The summed E-state index contributed by atoms with van der Waals surface area (Å²) in [7, 11) is 0. The summed E-state index contributed by atoms with van der Waals surface area (Å²) in [4.78, 5) is 19.9. The molecule has 0 aliphatic carbocycles. The van der Waals surface area contributed by atoms with E-state index in [9.17, 15) is 0 Å². The molecule has 0 radical (unpaired) electrons. The van der Waals surface area contributed by atoms with E-state index in [1.807, 2.05) is 23.8 Å². The first-order valence-electron chi connectivity index (χ1n) is 8.76. The van der Waals surface area contributed by atoms with Gasteiger partial charge < -0.3 is 4.74 Å². The van der Waals surface area contributed by atoms with Crippen LogP contribution in [0, 0.1) is 12.8 Å². The molecule has 6 rings (SSSR count). The predicted molar refractivity (Wildman–Crippen MR) is 92.8 cm³/mol. The molecular formula is C17H21N7O. The molecule has 2 aromatic rings. The van der Waals surface area contributed by atoms with Gasteiger partial charge in [0, 0.05) is 24.7 Å². The van der Waals surface area contributed by atoms with Crippen molar-refractivity contribution in [1.82, 2.24) is 24.4 Å². The quantitative estimate of drug-likeness (QED) is 0.886. The van der Waals surface area contributed by atoms with Crippen LogP contribution in [-0.2, 0) is 4.74 Å². The molecule has 8 nitrogen and oxygen atoms in total. The van der Waals surface area contributed by atoms with E-state index in [1.54, 1.807) is 6.33 Å². The van der Waals surface area contributed by atoms with Gasteiger partial charge in [0.15, 0.2) is 0 Å². The third-order valence-electron chi connectivity index (χ3n) is 5.48. The van der Waals surface area contributed by atoms with Gasteiger partial charge in [-0.25, -0.2) is 19.9 Å². The third-order valence-corrected chi connectivity index (χ3v) is 5.48. The highest BCUT2D eigenvalue weighted by atomic mass is 16.5. The average molecular weight is 339 g/mol. The Hall–Kier alpha value is -2.48. The molecule has 2 bridgehead atoms. The zero-order chi connectivity index (χ0) is 16.9. The molecule has 25 heavy (non-hydrogen) atoms. The number of rotatable bonds is 2. The molecular weight excluding hydrogens is 318 g/mol. The Labute approximate surface area is 146 Å².